The van der Waals surface area contributed by atoms with Gasteiger partial charge >= 0.3 is 6.18 Å². The van der Waals surface area contributed by atoms with E-state index in [-0.39, 0.29) is 51.8 Å². The fourth-order valence-electron chi connectivity index (χ4n) is 4.85. The van der Waals surface area contributed by atoms with Gasteiger partial charge in [0.2, 0.25) is 0 Å². The predicted octanol–water partition coefficient (Wildman–Crippen LogP) is 7.20. The smallest absolute Gasteiger partial charge is 0.293 e. The Morgan fingerprint density at radius 3 is 2.23 bits per heavy atom. The van der Waals surface area contributed by atoms with E-state index in [2.05, 4.69) is 5.10 Å². The van der Waals surface area contributed by atoms with Gasteiger partial charge in [0.15, 0.2) is 5.78 Å². The first-order valence-corrected chi connectivity index (χ1v) is 13.6. The van der Waals surface area contributed by atoms with Crippen molar-refractivity contribution in [3.63, 3.8) is 0 Å². The fourth-order valence-corrected chi connectivity index (χ4v) is 6.63. The van der Waals surface area contributed by atoms with Gasteiger partial charge in [-0.2, -0.15) is 18.3 Å². The molecule has 40 heavy (non-hydrogen) atoms. The molecule has 0 fully saturated rings. The van der Waals surface area contributed by atoms with Gasteiger partial charge in [-0.25, -0.2) is 0 Å². The number of benzene rings is 2. The van der Waals surface area contributed by atoms with Crippen LogP contribution in [0.4, 0.5) is 13.2 Å². The van der Waals surface area contributed by atoms with Crippen molar-refractivity contribution < 1.29 is 27.6 Å². The largest absolute Gasteiger partial charge is 0.416 e. The van der Waals surface area contributed by atoms with E-state index in [4.69, 9.17) is 23.2 Å². The number of nitrogens with zero attached hydrogens (tertiary/aromatic N) is 3. The molecule has 0 N–H and O–H groups in total. The van der Waals surface area contributed by atoms with Crippen molar-refractivity contribution in [3.8, 4) is 10.6 Å². The molecule has 0 saturated heterocycles. The van der Waals surface area contributed by atoms with E-state index in [1.807, 2.05) is 0 Å². The molecule has 1 aliphatic heterocycles. The number of aromatic nitrogens is 2. The lowest BCUT2D eigenvalue weighted by Gasteiger charge is -2.23. The summed E-state index contributed by atoms with van der Waals surface area (Å²) in [5, 5.41) is 4.71. The lowest BCUT2D eigenvalue weighted by atomic mass is 9.90. The molecular formula is C28H20Cl2F3N3O3S. The average Bonchev–Trinajstić information content (AvgIpc) is 3.53. The number of carbonyl (C=O) groups excluding carboxylic acids is 3. The number of fused-ring (bicyclic) bond motifs is 1. The Morgan fingerprint density at radius 2 is 1.62 bits per heavy atom. The topological polar surface area (TPSA) is 72.3 Å². The summed E-state index contributed by atoms with van der Waals surface area (Å²) in [6.45, 7) is -0.232. The Balaban J connectivity index is 1.46. The summed E-state index contributed by atoms with van der Waals surface area (Å²) in [5.41, 5.74) is 0.0995. The molecule has 0 unspecified atom stereocenters. The molecule has 2 aromatic carbocycles. The van der Waals surface area contributed by atoms with Crippen LogP contribution in [-0.2, 0) is 19.6 Å². The van der Waals surface area contributed by atoms with Crippen LogP contribution in [0.3, 0.4) is 0 Å². The highest BCUT2D eigenvalue weighted by atomic mass is 35.5. The highest BCUT2D eigenvalue weighted by Gasteiger charge is 2.38. The second kappa shape index (κ2) is 10.8. The maximum atomic E-state index is 13.8. The Bertz CT molecular complexity index is 1590. The molecule has 2 amide bonds. The predicted molar refractivity (Wildman–Crippen MR) is 146 cm³/mol. The lowest BCUT2D eigenvalue weighted by molar-refractivity contribution is -0.138. The third kappa shape index (κ3) is 5.31. The van der Waals surface area contributed by atoms with Crippen LogP contribution in [0, 0.1) is 5.92 Å². The van der Waals surface area contributed by atoms with E-state index in [1.165, 1.54) is 47.3 Å². The molecule has 0 bridgehead atoms. The summed E-state index contributed by atoms with van der Waals surface area (Å²) in [6.07, 6.45) is -3.58. The molecule has 0 spiro atoms. The Morgan fingerprint density at radius 1 is 1.00 bits per heavy atom. The highest BCUT2D eigenvalue weighted by Crippen LogP contribution is 2.40. The van der Waals surface area contributed by atoms with Crippen LogP contribution in [-0.4, -0.2) is 38.8 Å². The maximum Gasteiger partial charge on any atom is 0.416 e. The highest BCUT2D eigenvalue weighted by molar-refractivity contribution is 7.18. The van der Waals surface area contributed by atoms with Gasteiger partial charge in [0.05, 0.1) is 48.4 Å². The van der Waals surface area contributed by atoms with Gasteiger partial charge < -0.3 is 0 Å². The molecule has 0 saturated carbocycles. The summed E-state index contributed by atoms with van der Waals surface area (Å²) < 4.78 is 42.8. The van der Waals surface area contributed by atoms with Crippen LogP contribution < -0.4 is 0 Å². The quantitative estimate of drug-likeness (QED) is 0.157. The molecule has 0 aliphatic carbocycles. The molecule has 2 aromatic heterocycles. The first-order chi connectivity index (χ1) is 19.0. The van der Waals surface area contributed by atoms with Crippen molar-refractivity contribution in [1.29, 1.82) is 0 Å². The fraction of sp³-hybridized carbons (Fsp3) is 0.214. The normalized spacial score (nSPS) is 14.1. The summed E-state index contributed by atoms with van der Waals surface area (Å²) in [7, 11) is 1.68. The number of aryl methyl sites for hydroxylation is 1. The Kier molecular flexibility index (Phi) is 7.60. The van der Waals surface area contributed by atoms with Gasteiger partial charge in [-0.1, -0.05) is 53.5 Å². The van der Waals surface area contributed by atoms with Gasteiger partial charge in [0.25, 0.3) is 11.8 Å². The second-order valence-electron chi connectivity index (χ2n) is 9.37. The number of carbonyl (C=O) groups is 3. The zero-order valence-electron chi connectivity index (χ0n) is 20.8. The first-order valence-electron chi connectivity index (χ1n) is 12.1. The van der Waals surface area contributed by atoms with Gasteiger partial charge in [0.1, 0.15) is 0 Å². The van der Waals surface area contributed by atoms with Crippen molar-refractivity contribution >= 4 is 52.1 Å². The third-order valence-electron chi connectivity index (χ3n) is 6.70. The molecule has 6 nitrogen and oxygen atoms in total. The van der Waals surface area contributed by atoms with Crippen molar-refractivity contribution in [1.82, 2.24) is 14.7 Å². The zero-order chi connectivity index (χ0) is 28.8. The molecule has 12 heteroatoms. The third-order valence-corrected chi connectivity index (χ3v) is 8.56. The number of Topliss-reactive ketones (excluding diaryl/α,β-unsaturated/α-hetero) is 1. The minimum absolute atomic E-state index is 0.0315. The van der Waals surface area contributed by atoms with Crippen LogP contribution in [0.2, 0.25) is 10.0 Å². The van der Waals surface area contributed by atoms with E-state index in [0.717, 1.165) is 22.3 Å². The van der Waals surface area contributed by atoms with Crippen molar-refractivity contribution in [2.75, 3.05) is 6.54 Å². The molecule has 5 rings (SSSR count). The maximum absolute atomic E-state index is 13.8. The van der Waals surface area contributed by atoms with E-state index in [9.17, 15) is 27.6 Å². The lowest BCUT2D eigenvalue weighted by Crippen LogP contribution is -2.36. The van der Waals surface area contributed by atoms with Crippen LogP contribution >= 0.6 is 34.5 Å². The van der Waals surface area contributed by atoms with Crippen molar-refractivity contribution in [2.45, 2.75) is 19.0 Å². The molecule has 0 radical (unpaired) electrons. The number of hydrogen-bond donors (Lipinski definition) is 0. The number of alkyl halides is 3. The van der Waals surface area contributed by atoms with E-state index < -0.39 is 29.5 Å². The molecule has 206 valence electrons. The average molecular weight is 606 g/mol. The van der Waals surface area contributed by atoms with Gasteiger partial charge in [0, 0.05) is 20.0 Å². The van der Waals surface area contributed by atoms with Crippen LogP contribution in [0.1, 0.15) is 47.9 Å². The minimum Gasteiger partial charge on any atom is -0.293 e. The summed E-state index contributed by atoms with van der Waals surface area (Å²) in [4.78, 5) is 41.3. The van der Waals surface area contributed by atoms with Crippen LogP contribution in [0.15, 0.2) is 60.8 Å². The SMILES string of the molecule is Cn1ncc(Cl)c1-c1sc(C(=O)C[C@@H](Cc2ccccc2C(F)(F)F)CN2C(=O)c3ccccc3C2=O)cc1Cl. The molecule has 3 heterocycles. The monoisotopic (exact) mass is 605 g/mol. The Hall–Kier alpha value is -3.47. The summed E-state index contributed by atoms with van der Waals surface area (Å²) >= 11 is 13.8. The number of hydrogen-bond acceptors (Lipinski definition) is 5. The summed E-state index contributed by atoms with van der Waals surface area (Å²) in [6, 6.07) is 12.9. The van der Waals surface area contributed by atoms with E-state index in [1.54, 1.807) is 19.2 Å². The van der Waals surface area contributed by atoms with Crippen LogP contribution in [0.5, 0.6) is 0 Å². The van der Waals surface area contributed by atoms with E-state index >= 15 is 0 Å². The van der Waals surface area contributed by atoms with Crippen molar-refractivity contribution in [2.24, 2.45) is 13.0 Å². The van der Waals surface area contributed by atoms with Crippen LogP contribution in [0.25, 0.3) is 10.6 Å². The molecular weight excluding hydrogens is 586 g/mol. The number of thiophene rings is 1. The van der Waals surface area contributed by atoms with Crippen molar-refractivity contribution in [3.05, 3.63) is 98.0 Å². The van der Waals surface area contributed by atoms with Gasteiger partial charge in [-0.3, -0.25) is 24.0 Å². The first kappa shape index (κ1) is 28.1. The molecule has 1 atom stereocenters. The zero-order valence-corrected chi connectivity index (χ0v) is 23.2. The van der Waals surface area contributed by atoms with Gasteiger partial charge in [-0.05, 0) is 42.2 Å². The van der Waals surface area contributed by atoms with Gasteiger partial charge in [-0.15, -0.1) is 11.3 Å². The number of ketones is 1. The standard InChI is InChI=1S/C28H20Cl2F3N3O3S/c1-35-24(21(30)13-34-35)25-20(29)12-23(40-25)22(37)11-15(10-16-6-2-5-9-19(16)28(31,32)33)14-36-26(38)17-7-3-4-8-18(17)27(36)39/h2-9,12-13,15H,10-11,14H2,1H3/t15-/m1/s1. The number of rotatable bonds is 8. The number of amides is 2. The second-order valence-corrected chi connectivity index (χ2v) is 11.2. The summed E-state index contributed by atoms with van der Waals surface area (Å²) in [5.74, 6) is -2.28. The number of imide groups is 1. The Labute approximate surface area is 240 Å². The molecule has 4 aromatic rings. The molecule has 1 aliphatic rings. The number of halogens is 5. The minimum atomic E-state index is -4.61. The van der Waals surface area contributed by atoms with E-state index in [0.29, 0.717) is 15.6 Å².